The largest absolute Gasteiger partial charge is 0.491 e. The fourth-order valence-electron chi connectivity index (χ4n) is 0.957. The first kappa shape index (κ1) is 13.1. The summed E-state index contributed by atoms with van der Waals surface area (Å²) in [4.78, 5) is 15.2. The molecular weight excluding hydrogens is 255 g/mol. The van der Waals surface area contributed by atoms with Crippen LogP contribution in [0.3, 0.4) is 0 Å². The van der Waals surface area contributed by atoms with Crippen LogP contribution >= 0.6 is 23.2 Å². The van der Waals surface area contributed by atoms with Crippen LogP contribution in [0.1, 0.15) is 6.42 Å². The highest BCUT2D eigenvalue weighted by Gasteiger charge is 2.07. The van der Waals surface area contributed by atoms with Gasteiger partial charge in [-0.2, -0.15) is 0 Å². The Hall–Kier alpha value is -1.01. The van der Waals surface area contributed by atoms with Crippen molar-refractivity contribution >= 4 is 29.2 Å². The second-order valence-corrected chi connectivity index (χ2v) is 3.53. The molecule has 0 aliphatic carbocycles. The summed E-state index contributed by atoms with van der Waals surface area (Å²) in [5, 5.41) is 0.708. The maximum atomic E-state index is 10.9. The van der Waals surface area contributed by atoms with Crippen molar-refractivity contribution in [3.63, 3.8) is 0 Å². The van der Waals surface area contributed by atoms with Crippen molar-refractivity contribution in [2.45, 2.75) is 6.42 Å². The van der Waals surface area contributed by atoms with Crippen LogP contribution in [0.15, 0.2) is 18.2 Å². The summed E-state index contributed by atoms with van der Waals surface area (Å²) >= 11 is 11.6. The van der Waals surface area contributed by atoms with Crippen molar-refractivity contribution < 1.29 is 14.4 Å². The monoisotopic (exact) mass is 264 g/mol. The maximum absolute atomic E-state index is 10.9. The first-order valence-electron chi connectivity index (χ1n) is 4.37. The molecule has 3 N–H and O–H groups in total. The van der Waals surface area contributed by atoms with E-state index in [4.69, 9.17) is 33.8 Å². The van der Waals surface area contributed by atoms with Gasteiger partial charge in [0.1, 0.15) is 10.8 Å². The third-order valence-electron chi connectivity index (χ3n) is 1.65. The molecular formula is C9H10Cl2N2O3. The average Bonchev–Trinajstić information content (AvgIpc) is 2.25. The molecule has 0 heterocycles. The maximum Gasteiger partial charge on any atom is 0.329 e. The van der Waals surface area contributed by atoms with Gasteiger partial charge >= 0.3 is 5.97 Å². The Kier molecular flexibility index (Phi) is 5.34. The van der Waals surface area contributed by atoms with Crippen molar-refractivity contribution in [3.05, 3.63) is 28.2 Å². The van der Waals surface area contributed by atoms with E-state index in [0.29, 0.717) is 15.8 Å². The molecule has 1 aromatic carbocycles. The molecule has 1 rings (SSSR count). The summed E-state index contributed by atoms with van der Waals surface area (Å²) in [5.74, 6) is 4.68. The van der Waals surface area contributed by atoms with E-state index >= 15 is 0 Å². The molecule has 0 amide bonds. The van der Waals surface area contributed by atoms with Gasteiger partial charge in [0.25, 0.3) is 0 Å². The van der Waals surface area contributed by atoms with Crippen molar-refractivity contribution in [1.82, 2.24) is 5.59 Å². The molecule has 88 valence electrons. The number of carbonyl (C=O) groups excluding carboxylic acids is 1. The minimum atomic E-state index is -0.527. The molecule has 0 saturated heterocycles. The highest BCUT2D eigenvalue weighted by molar-refractivity contribution is 6.42. The molecule has 0 unspecified atom stereocenters. The van der Waals surface area contributed by atoms with Gasteiger partial charge in [0.15, 0.2) is 0 Å². The predicted octanol–water partition coefficient (Wildman–Crippen LogP) is 1.68. The first-order valence-corrected chi connectivity index (χ1v) is 5.13. The van der Waals surface area contributed by atoms with Gasteiger partial charge in [0.2, 0.25) is 0 Å². The molecule has 1 aromatic rings. The molecule has 0 spiro atoms. The van der Waals surface area contributed by atoms with Gasteiger partial charge in [-0.3, -0.25) is 4.79 Å². The van der Waals surface area contributed by atoms with E-state index in [1.54, 1.807) is 23.8 Å². The highest BCUT2D eigenvalue weighted by Crippen LogP contribution is 2.31. The van der Waals surface area contributed by atoms with Crippen LogP contribution in [-0.2, 0) is 9.63 Å². The summed E-state index contributed by atoms with van der Waals surface area (Å²) in [7, 11) is 0. The van der Waals surface area contributed by atoms with Gasteiger partial charge < -0.3 is 9.57 Å². The quantitative estimate of drug-likeness (QED) is 0.626. The SMILES string of the molecule is NNOC(=O)CCOc1cccc(Cl)c1Cl. The smallest absolute Gasteiger partial charge is 0.329 e. The fourth-order valence-corrected chi connectivity index (χ4v) is 1.30. The molecule has 16 heavy (non-hydrogen) atoms. The van der Waals surface area contributed by atoms with Gasteiger partial charge in [0, 0.05) is 0 Å². The Balaban J connectivity index is 2.43. The van der Waals surface area contributed by atoms with Crippen LogP contribution in [0.25, 0.3) is 0 Å². The van der Waals surface area contributed by atoms with Gasteiger partial charge in [0.05, 0.1) is 18.1 Å². The zero-order valence-electron chi connectivity index (χ0n) is 8.20. The van der Waals surface area contributed by atoms with E-state index in [1.165, 1.54) is 0 Å². The molecule has 0 fully saturated rings. The van der Waals surface area contributed by atoms with Crippen LogP contribution < -0.4 is 16.2 Å². The van der Waals surface area contributed by atoms with E-state index in [2.05, 4.69) is 4.84 Å². The number of rotatable bonds is 5. The van der Waals surface area contributed by atoms with E-state index in [-0.39, 0.29) is 13.0 Å². The zero-order valence-corrected chi connectivity index (χ0v) is 9.72. The van der Waals surface area contributed by atoms with Crippen molar-refractivity contribution in [1.29, 1.82) is 0 Å². The lowest BCUT2D eigenvalue weighted by Crippen LogP contribution is -2.26. The van der Waals surface area contributed by atoms with E-state index in [0.717, 1.165) is 0 Å². The summed E-state index contributed by atoms with van der Waals surface area (Å²) < 4.78 is 5.25. The van der Waals surface area contributed by atoms with Gasteiger partial charge in [-0.25, -0.2) is 5.84 Å². The van der Waals surface area contributed by atoms with E-state index in [1.807, 2.05) is 0 Å². The van der Waals surface area contributed by atoms with Crippen LogP contribution in [0.2, 0.25) is 10.0 Å². The lowest BCUT2D eigenvalue weighted by molar-refractivity contribution is -0.151. The van der Waals surface area contributed by atoms with Gasteiger partial charge in [-0.05, 0) is 12.1 Å². The first-order chi connectivity index (χ1) is 7.65. The Morgan fingerprint density at radius 2 is 2.19 bits per heavy atom. The number of hydrogen-bond acceptors (Lipinski definition) is 5. The summed E-state index contributed by atoms with van der Waals surface area (Å²) in [6, 6.07) is 4.99. The molecule has 0 aromatic heterocycles. The number of nitrogens with two attached hydrogens (primary N) is 1. The number of hydrazine groups is 1. The van der Waals surface area contributed by atoms with Crippen molar-refractivity contribution in [2.24, 2.45) is 5.84 Å². The molecule has 0 aliphatic heterocycles. The van der Waals surface area contributed by atoms with Crippen LogP contribution in [-0.4, -0.2) is 12.6 Å². The highest BCUT2D eigenvalue weighted by atomic mass is 35.5. The van der Waals surface area contributed by atoms with Crippen molar-refractivity contribution in [2.75, 3.05) is 6.61 Å². The van der Waals surface area contributed by atoms with Crippen LogP contribution in [0, 0.1) is 0 Å². The third-order valence-corrected chi connectivity index (χ3v) is 2.45. The lowest BCUT2D eigenvalue weighted by atomic mass is 10.3. The summed E-state index contributed by atoms with van der Waals surface area (Å²) in [5.41, 5.74) is 1.78. The number of benzene rings is 1. The molecule has 0 aliphatic rings. The Morgan fingerprint density at radius 1 is 1.44 bits per heavy atom. The Morgan fingerprint density at radius 3 is 2.88 bits per heavy atom. The molecule has 0 saturated carbocycles. The third kappa shape index (κ3) is 3.86. The zero-order chi connectivity index (χ0) is 12.0. The second kappa shape index (κ2) is 6.55. The summed E-state index contributed by atoms with van der Waals surface area (Å²) in [6.45, 7) is 0.126. The molecule has 5 nitrogen and oxygen atoms in total. The molecule has 0 atom stereocenters. The fraction of sp³-hybridized carbons (Fsp3) is 0.222. The minimum Gasteiger partial charge on any atom is -0.491 e. The lowest BCUT2D eigenvalue weighted by Gasteiger charge is -2.08. The predicted molar refractivity (Wildman–Crippen MR) is 60.0 cm³/mol. The minimum absolute atomic E-state index is 0.0487. The topological polar surface area (TPSA) is 73.6 Å². The summed E-state index contributed by atoms with van der Waals surface area (Å²) in [6.07, 6.45) is 0.0487. The Bertz CT molecular complexity index is 374. The van der Waals surface area contributed by atoms with Crippen LogP contribution in [0.5, 0.6) is 5.75 Å². The van der Waals surface area contributed by atoms with Gasteiger partial charge in [-0.1, -0.05) is 34.9 Å². The van der Waals surface area contributed by atoms with E-state index < -0.39 is 5.97 Å². The van der Waals surface area contributed by atoms with Crippen LogP contribution in [0.4, 0.5) is 0 Å². The van der Waals surface area contributed by atoms with E-state index in [9.17, 15) is 4.79 Å². The second-order valence-electron chi connectivity index (χ2n) is 2.74. The average molecular weight is 265 g/mol. The number of hydrogen-bond donors (Lipinski definition) is 2. The Labute approximate surface area is 102 Å². The normalized spacial score (nSPS) is 9.94. The number of halogens is 2. The number of carbonyl (C=O) groups is 1. The standard InChI is InChI=1S/C9H10Cl2N2O3/c10-6-2-1-3-7(9(6)11)15-5-4-8(14)16-13-12/h1-3,13H,4-5,12H2. The number of ether oxygens (including phenoxy) is 1. The van der Waals surface area contributed by atoms with Gasteiger partial charge in [-0.15, -0.1) is 0 Å². The molecule has 0 bridgehead atoms. The molecule has 0 radical (unpaired) electrons. The molecule has 7 heteroatoms. The number of nitrogens with one attached hydrogen (secondary N) is 1. The van der Waals surface area contributed by atoms with Crippen molar-refractivity contribution in [3.8, 4) is 5.75 Å².